The molecule has 3 heteroatoms. The molecule has 0 spiro atoms. The van der Waals surface area contributed by atoms with Gasteiger partial charge in [0.2, 0.25) is 0 Å². The fourth-order valence-corrected chi connectivity index (χ4v) is 1.33. The van der Waals surface area contributed by atoms with Crippen molar-refractivity contribution in [2.75, 3.05) is 19.8 Å². The van der Waals surface area contributed by atoms with Gasteiger partial charge in [0.1, 0.15) is 5.75 Å². The van der Waals surface area contributed by atoms with Crippen LogP contribution in [0.2, 0.25) is 0 Å². The highest BCUT2D eigenvalue weighted by atomic mass is 16.5. The second-order valence-corrected chi connectivity index (χ2v) is 3.26. The summed E-state index contributed by atoms with van der Waals surface area (Å²) in [5, 5.41) is 0. The van der Waals surface area contributed by atoms with Gasteiger partial charge in [0.15, 0.2) is 0 Å². The Labute approximate surface area is 91.2 Å². The number of rotatable bonds is 7. The molecule has 0 saturated carbocycles. The van der Waals surface area contributed by atoms with Crippen LogP contribution >= 0.6 is 0 Å². The van der Waals surface area contributed by atoms with E-state index in [9.17, 15) is 0 Å². The summed E-state index contributed by atoms with van der Waals surface area (Å²) in [6, 6.07) is 9.77. The molecule has 1 aromatic carbocycles. The van der Waals surface area contributed by atoms with E-state index >= 15 is 0 Å². The molecule has 0 bridgehead atoms. The number of hydrogen-bond acceptors (Lipinski definition) is 3. The van der Waals surface area contributed by atoms with E-state index in [0.29, 0.717) is 19.8 Å². The molecule has 0 aliphatic rings. The van der Waals surface area contributed by atoms with E-state index in [0.717, 1.165) is 12.2 Å². The van der Waals surface area contributed by atoms with Gasteiger partial charge >= 0.3 is 0 Å². The lowest BCUT2D eigenvalue weighted by molar-refractivity contribution is 0.0527. The summed E-state index contributed by atoms with van der Waals surface area (Å²) in [5.41, 5.74) is 5.56. The molecule has 0 aromatic heterocycles. The molecule has 0 radical (unpaired) electrons. The molecule has 84 valence electrons. The summed E-state index contributed by atoms with van der Waals surface area (Å²) >= 11 is 0. The predicted octanol–water partition coefficient (Wildman–Crippen LogP) is 1.82. The van der Waals surface area contributed by atoms with Crippen LogP contribution in [0.1, 0.15) is 13.3 Å². The van der Waals surface area contributed by atoms with Crippen LogP contribution in [0.25, 0.3) is 0 Å². The smallest absolute Gasteiger partial charge is 0.119 e. The Morgan fingerprint density at radius 2 is 2.00 bits per heavy atom. The van der Waals surface area contributed by atoms with E-state index in [1.54, 1.807) is 0 Å². The molecule has 2 N–H and O–H groups in total. The van der Waals surface area contributed by atoms with Crippen molar-refractivity contribution >= 4 is 0 Å². The standard InChI is InChI=1S/C12H19NO2/c1-2-14-12(10-13)8-9-15-11-6-4-3-5-7-11/h3-7,12H,2,8-10,13H2,1H3. The molecule has 1 unspecified atom stereocenters. The van der Waals surface area contributed by atoms with E-state index in [1.165, 1.54) is 0 Å². The molecule has 0 aliphatic carbocycles. The van der Waals surface area contributed by atoms with E-state index in [-0.39, 0.29) is 6.10 Å². The lowest BCUT2D eigenvalue weighted by Gasteiger charge is -2.14. The fraction of sp³-hybridized carbons (Fsp3) is 0.500. The Hall–Kier alpha value is -1.06. The number of para-hydroxylation sites is 1. The summed E-state index contributed by atoms with van der Waals surface area (Å²) in [6.45, 7) is 3.87. The minimum absolute atomic E-state index is 0.110. The van der Waals surface area contributed by atoms with Gasteiger partial charge in [-0.25, -0.2) is 0 Å². The average molecular weight is 209 g/mol. The highest BCUT2D eigenvalue weighted by molar-refractivity contribution is 5.20. The van der Waals surface area contributed by atoms with E-state index in [2.05, 4.69) is 0 Å². The fourth-order valence-electron chi connectivity index (χ4n) is 1.33. The quantitative estimate of drug-likeness (QED) is 0.745. The van der Waals surface area contributed by atoms with Crippen LogP contribution < -0.4 is 10.5 Å². The molecule has 0 aliphatic heterocycles. The molecule has 3 nitrogen and oxygen atoms in total. The van der Waals surface area contributed by atoms with Crippen molar-refractivity contribution in [2.45, 2.75) is 19.4 Å². The van der Waals surface area contributed by atoms with Gasteiger partial charge in [0.25, 0.3) is 0 Å². The van der Waals surface area contributed by atoms with Gasteiger partial charge in [-0.3, -0.25) is 0 Å². The van der Waals surface area contributed by atoms with Gasteiger partial charge in [0, 0.05) is 19.6 Å². The second-order valence-electron chi connectivity index (χ2n) is 3.26. The van der Waals surface area contributed by atoms with Crippen LogP contribution in [0.15, 0.2) is 30.3 Å². The van der Waals surface area contributed by atoms with Gasteiger partial charge in [-0.1, -0.05) is 18.2 Å². The minimum atomic E-state index is 0.110. The molecular formula is C12H19NO2. The maximum Gasteiger partial charge on any atom is 0.119 e. The normalized spacial score (nSPS) is 12.4. The summed E-state index contributed by atoms with van der Waals surface area (Å²) in [6.07, 6.45) is 0.942. The van der Waals surface area contributed by atoms with Crippen molar-refractivity contribution in [3.63, 3.8) is 0 Å². The zero-order valence-corrected chi connectivity index (χ0v) is 9.19. The summed E-state index contributed by atoms with van der Waals surface area (Å²) in [4.78, 5) is 0. The molecule has 1 aromatic rings. The lowest BCUT2D eigenvalue weighted by atomic mass is 10.2. The van der Waals surface area contributed by atoms with Crippen LogP contribution in [-0.4, -0.2) is 25.9 Å². The first-order chi connectivity index (χ1) is 7.36. The third-order valence-corrected chi connectivity index (χ3v) is 2.12. The van der Waals surface area contributed by atoms with Crippen molar-refractivity contribution < 1.29 is 9.47 Å². The first-order valence-corrected chi connectivity index (χ1v) is 5.36. The number of benzene rings is 1. The van der Waals surface area contributed by atoms with Crippen molar-refractivity contribution in [3.05, 3.63) is 30.3 Å². The van der Waals surface area contributed by atoms with Crippen LogP contribution in [-0.2, 0) is 4.74 Å². The third-order valence-electron chi connectivity index (χ3n) is 2.12. The van der Waals surface area contributed by atoms with Crippen LogP contribution in [0.4, 0.5) is 0 Å². The third kappa shape index (κ3) is 4.81. The Morgan fingerprint density at radius 1 is 1.27 bits per heavy atom. The minimum Gasteiger partial charge on any atom is -0.493 e. The molecule has 0 heterocycles. The number of hydrogen-bond donors (Lipinski definition) is 1. The van der Waals surface area contributed by atoms with E-state index in [1.807, 2.05) is 37.3 Å². The zero-order valence-electron chi connectivity index (χ0n) is 9.19. The van der Waals surface area contributed by atoms with Gasteiger partial charge < -0.3 is 15.2 Å². The molecule has 1 rings (SSSR count). The zero-order chi connectivity index (χ0) is 10.9. The SMILES string of the molecule is CCOC(CN)CCOc1ccccc1. The molecule has 0 saturated heterocycles. The van der Waals surface area contributed by atoms with Gasteiger partial charge in [-0.2, -0.15) is 0 Å². The Morgan fingerprint density at radius 3 is 2.60 bits per heavy atom. The van der Waals surface area contributed by atoms with Crippen LogP contribution in [0.3, 0.4) is 0 Å². The van der Waals surface area contributed by atoms with Gasteiger partial charge in [-0.15, -0.1) is 0 Å². The predicted molar refractivity (Wildman–Crippen MR) is 61.0 cm³/mol. The van der Waals surface area contributed by atoms with E-state index < -0.39 is 0 Å². The highest BCUT2D eigenvalue weighted by Gasteiger charge is 2.05. The molecule has 0 amide bonds. The maximum atomic E-state index is 5.56. The van der Waals surface area contributed by atoms with Crippen molar-refractivity contribution in [3.8, 4) is 5.75 Å². The van der Waals surface area contributed by atoms with E-state index in [4.69, 9.17) is 15.2 Å². The van der Waals surface area contributed by atoms with Crippen molar-refractivity contribution in [2.24, 2.45) is 5.73 Å². The molecule has 1 atom stereocenters. The lowest BCUT2D eigenvalue weighted by Crippen LogP contribution is -2.25. The first kappa shape index (κ1) is 12.0. The van der Waals surface area contributed by atoms with Gasteiger partial charge in [0.05, 0.1) is 12.7 Å². The van der Waals surface area contributed by atoms with Gasteiger partial charge in [-0.05, 0) is 19.1 Å². The number of nitrogens with two attached hydrogens (primary N) is 1. The van der Waals surface area contributed by atoms with Crippen LogP contribution in [0.5, 0.6) is 5.75 Å². The topological polar surface area (TPSA) is 44.5 Å². The second kappa shape index (κ2) is 7.26. The summed E-state index contributed by atoms with van der Waals surface area (Å²) in [5.74, 6) is 0.893. The first-order valence-electron chi connectivity index (χ1n) is 5.36. The average Bonchev–Trinajstić information content (AvgIpc) is 2.29. The Bertz CT molecular complexity index is 251. The largest absolute Gasteiger partial charge is 0.493 e. The molecule has 0 fully saturated rings. The molecular weight excluding hydrogens is 190 g/mol. The summed E-state index contributed by atoms with van der Waals surface area (Å²) in [7, 11) is 0. The van der Waals surface area contributed by atoms with Crippen LogP contribution in [0, 0.1) is 0 Å². The monoisotopic (exact) mass is 209 g/mol. The molecule has 15 heavy (non-hydrogen) atoms. The Kier molecular flexibility index (Phi) is 5.81. The highest BCUT2D eigenvalue weighted by Crippen LogP contribution is 2.09. The maximum absolute atomic E-state index is 5.56. The van der Waals surface area contributed by atoms with Crippen molar-refractivity contribution in [1.29, 1.82) is 0 Å². The summed E-state index contributed by atoms with van der Waals surface area (Å²) < 4.78 is 11.0. The number of ether oxygens (including phenoxy) is 2. The Balaban J connectivity index is 2.20. The van der Waals surface area contributed by atoms with Crippen molar-refractivity contribution in [1.82, 2.24) is 0 Å².